The number of aromatic nitrogens is 3. The molecule has 0 atom stereocenters. The van der Waals surface area contributed by atoms with Crippen molar-refractivity contribution in [2.45, 2.75) is 45.1 Å². The topological polar surface area (TPSA) is 85.8 Å². The lowest BCUT2D eigenvalue weighted by atomic mass is 10.1. The maximum atomic E-state index is 14.3. The molecule has 0 saturated carbocycles. The fourth-order valence-electron chi connectivity index (χ4n) is 2.94. The van der Waals surface area contributed by atoms with Crippen molar-refractivity contribution in [3.63, 3.8) is 0 Å². The molecule has 0 spiro atoms. The lowest BCUT2D eigenvalue weighted by Crippen LogP contribution is -2.13. The minimum absolute atomic E-state index is 0.127. The van der Waals surface area contributed by atoms with E-state index in [0.717, 1.165) is 38.1 Å². The molecular weight excluding hydrogens is 309 g/mol. The molecule has 0 unspecified atom stereocenters. The second-order valence-corrected chi connectivity index (χ2v) is 6.04. The van der Waals surface area contributed by atoms with Crippen molar-refractivity contribution < 1.29 is 9.18 Å². The van der Waals surface area contributed by atoms with Crippen molar-refractivity contribution in [3.8, 4) is 11.4 Å². The van der Waals surface area contributed by atoms with Gasteiger partial charge in [0.15, 0.2) is 5.82 Å². The van der Waals surface area contributed by atoms with Crippen LogP contribution in [0.5, 0.6) is 0 Å². The largest absolute Gasteiger partial charge is 0.330 e. The molecule has 24 heavy (non-hydrogen) atoms. The van der Waals surface area contributed by atoms with Crippen LogP contribution in [0.1, 0.15) is 37.9 Å². The number of nitrogens with zero attached hydrogens (tertiary/aromatic N) is 3. The summed E-state index contributed by atoms with van der Waals surface area (Å²) in [6, 6.07) is 4.53. The number of halogens is 1. The van der Waals surface area contributed by atoms with E-state index >= 15 is 0 Å². The van der Waals surface area contributed by atoms with Crippen molar-refractivity contribution in [1.82, 2.24) is 14.8 Å². The maximum Gasteiger partial charge on any atom is 0.224 e. The molecule has 3 rings (SSSR count). The smallest absolute Gasteiger partial charge is 0.224 e. The van der Waals surface area contributed by atoms with Gasteiger partial charge < -0.3 is 15.6 Å². The van der Waals surface area contributed by atoms with Gasteiger partial charge in [-0.1, -0.05) is 6.42 Å². The van der Waals surface area contributed by atoms with Gasteiger partial charge in [0.1, 0.15) is 11.6 Å². The summed E-state index contributed by atoms with van der Waals surface area (Å²) in [7, 11) is 0. The molecule has 2 aromatic rings. The van der Waals surface area contributed by atoms with Crippen molar-refractivity contribution in [2.24, 2.45) is 5.73 Å². The number of anilines is 1. The highest BCUT2D eigenvalue weighted by atomic mass is 19.1. The van der Waals surface area contributed by atoms with E-state index in [9.17, 15) is 9.18 Å². The molecule has 2 heterocycles. The Labute approximate surface area is 140 Å². The predicted octanol–water partition coefficient (Wildman–Crippen LogP) is 2.49. The average molecular weight is 331 g/mol. The van der Waals surface area contributed by atoms with Gasteiger partial charge in [0, 0.05) is 25.1 Å². The number of aryl methyl sites for hydroxylation is 1. The lowest BCUT2D eigenvalue weighted by Gasteiger charge is -2.10. The van der Waals surface area contributed by atoms with Gasteiger partial charge in [-0.15, -0.1) is 10.2 Å². The normalized spacial score (nSPS) is 14.1. The first kappa shape index (κ1) is 16.6. The summed E-state index contributed by atoms with van der Waals surface area (Å²) < 4.78 is 16.3. The molecule has 7 heteroatoms. The monoisotopic (exact) mass is 331 g/mol. The van der Waals surface area contributed by atoms with E-state index in [1.807, 2.05) is 4.57 Å². The van der Waals surface area contributed by atoms with Crippen LogP contribution in [0.4, 0.5) is 10.1 Å². The highest BCUT2D eigenvalue weighted by Crippen LogP contribution is 2.27. The van der Waals surface area contributed by atoms with Crippen LogP contribution in [0.3, 0.4) is 0 Å². The summed E-state index contributed by atoms with van der Waals surface area (Å²) in [6.07, 6.45) is 5.10. The molecule has 3 N–H and O–H groups in total. The SMILES string of the molecule is NCCCC(=O)Nc1ccc(F)c(-c2nnc3n2CCCCC3)c1. The zero-order chi connectivity index (χ0) is 16.9. The van der Waals surface area contributed by atoms with Crippen LogP contribution in [0.15, 0.2) is 18.2 Å². The Balaban J connectivity index is 1.87. The number of hydrogen-bond donors (Lipinski definition) is 2. The Kier molecular flexibility index (Phi) is 5.20. The number of amides is 1. The Bertz CT molecular complexity index is 728. The fourth-order valence-corrected chi connectivity index (χ4v) is 2.94. The van der Waals surface area contributed by atoms with Gasteiger partial charge in [0.05, 0.1) is 5.56 Å². The van der Waals surface area contributed by atoms with Gasteiger partial charge >= 0.3 is 0 Å². The number of rotatable bonds is 5. The molecule has 0 fully saturated rings. The zero-order valence-corrected chi connectivity index (χ0v) is 13.6. The minimum atomic E-state index is -0.366. The molecule has 0 bridgehead atoms. The second kappa shape index (κ2) is 7.53. The van der Waals surface area contributed by atoms with Gasteiger partial charge in [-0.05, 0) is 44.0 Å². The highest BCUT2D eigenvalue weighted by molar-refractivity contribution is 5.91. The molecule has 6 nitrogen and oxygen atoms in total. The van der Waals surface area contributed by atoms with Crippen molar-refractivity contribution in [1.29, 1.82) is 0 Å². The molecule has 1 aromatic heterocycles. The number of fused-ring (bicyclic) bond motifs is 1. The van der Waals surface area contributed by atoms with E-state index < -0.39 is 0 Å². The Morgan fingerprint density at radius 1 is 1.29 bits per heavy atom. The van der Waals surface area contributed by atoms with Gasteiger partial charge in [-0.3, -0.25) is 4.79 Å². The summed E-state index contributed by atoms with van der Waals surface area (Å²) >= 11 is 0. The van der Waals surface area contributed by atoms with Crippen LogP contribution < -0.4 is 11.1 Å². The maximum absolute atomic E-state index is 14.3. The standard InChI is InChI=1S/C17H22FN5O/c18-14-8-7-12(20-16(24)6-4-9-19)11-13(14)17-22-21-15-5-2-1-3-10-23(15)17/h7-8,11H,1-6,9-10,19H2,(H,20,24). The number of carbonyl (C=O) groups excluding carboxylic acids is 1. The van der Waals surface area contributed by atoms with E-state index in [0.29, 0.717) is 36.5 Å². The van der Waals surface area contributed by atoms with E-state index in [4.69, 9.17) is 5.73 Å². The molecule has 1 aromatic carbocycles. The third kappa shape index (κ3) is 3.62. The Morgan fingerprint density at radius 3 is 3.00 bits per heavy atom. The van der Waals surface area contributed by atoms with Crippen molar-refractivity contribution >= 4 is 11.6 Å². The van der Waals surface area contributed by atoms with E-state index in [-0.39, 0.29) is 11.7 Å². The van der Waals surface area contributed by atoms with Crippen LogP contribution in [0.2, 0.25) is 0 Å². The van der Waals surface area contributed by atoms with Gasteiger partial charge in [0.2, 0.25) is 5.91 Å². The zero-order valence-electron chi connectivity index (χ0n) is 13.6. The number of nitrogens with two attached hydrogens (primary N) is 1. The third-order valence-corrected chi connectivity index (χ3v) is 4.21. The highest BCUT2D eigenvalue weighted by Gasteiger charge is 2.19. The molecule has 128 valence electrons. The average Bonchev–Trinajstić information content (AvgIpc) is 2.83. The first-order chi connectivity index (χ1) is 11.7. The molecule has 0 aliphatic carbocycles. The van der Waals surface area contributed by atoms with Gasteiger partial charge in [-0.25, -0.2) is 4.39 Å². The molecule has 1 aliphatic heterocycles. The predicted molar refractivity (Wildman–Crippen MR) is 89.9 cm³/mol. The number of carbonyl (C=O) groups is 1. The van der Waals surface area contributed by atoms with Crippen LogP contribution in [-0.2, 0) is 17.8 Å². The molecule has 1 aliphatic rings. The van der Waals surface area contributed by atoms with E-state index in [1.54, 1.807) is 12.1 Å². The minimum Gasteiger partial charge on any atom is -0.330 e. The summed E-state index contributed by atoms with van der Waals surface area (Å²) in [4.78, 5) is 11.8. The molecule has 1 amide bonds. The molecule has 0 radical (unpaired) electrons. The van der Waals surface area contributed by atoms with Crippen molar-refractivity contribution in [3.05, 3.63) is 29.8 Å². The Morgan fingerprint density at radius 2 is 2.17 bits per heavy atom. The molecule has 0 saturated heterocycles. The van der Waals surface area contributed by atoms with Crippen LogP contribution in [0, 0.1) is 5.82 Å². The first-order valence-corrected chi connectivity index (χ1v) is 8.41. The number of hydrogen-bond acceptors (Lipinski definition) is 4. The Hall–Kier alpha value is -2.28. The quantitative estimate of drug-likeness (QED) is 0.881. The second-order valence-electron chi connectivity index (χ2n) is 6.04. The fraction of sp³-hybridized carbons (Fsp3) is 0.471. The number of benzene rings is 1. The van der Waals surface area contributed by atoms with Crippen LogP contribution in [-0.4, -0.2) is 27.2 Å². The lowest BCUT2D eigenvalue weighted by molar-refractivity contribution is -0.116. The summed E-state index contributed by atoms with van der Waals surface area (Å²) in [6.45, 7) is 1.26. The summed E-state index contributed by atoms with van der Waals surface area (Å²) in [5.41, 5.74) is 6.33. The molecular formula is C17H22FN5O. The first-order valence-electron chi connectivity index (χ1n) is 8.41. The van der Waals surface area contributed by atoms with E-state index in [2.05, 4.69) is 15.5 Å². The van der Waals surface area contributed by atoms with Crippen LogP contribution in [0.25, 0.3) is 11.4 Å². The van der Waals surface area contributed by atoms with Gasteiger partial charge in [0.25, 0.3) is 0 Å². The summed E-state index contributed by atoms with van der Waals surface area (Å²) in [5, 5.41) is 11.2. The van der Waals surface area contributed by atoms with Gasteiger partial charge in [-0.2, -0.15) is 0 Å². The number of nitrogens with one attached hydrogen (secondary N) is 1. The van der Waals surface area contributed by atoms with E-state index in [1.165, 1.54) is 6.07 Å². The van der Waals surface area contributed by atoms with Crippen molar-refractivity contribution in [2.75, 3.05) is 11.9 Å². The summed E-state index contributed by atoms with van der Waals surface area (Å²) in [5.74, 6) is 0.939. The van der Waals surface area contributed by atoms with Crippen LogP contribution >= 0.6 is 0 Å². The third-order valence-electron chi connectivity index (χ3n) is 4.21.